The monoisotopic (exact) mass is 245 g/mol. The van der Waals surface area contributed by atoms with Gasteiger partial charge in [-0.1, -0.05) is 0 Å². The van der Waals surface area contributed by atoms with Crippen molar-refractivity contribution in [3.05, 3.63) is 41.4 Å². The number of aryl methyl sites for hydroxylation is 1. The van der Waals surface area contributed by atoms with E-state index in [4.69, 9.17) is 4.42 Å². The zero-order chi connectivity index (χ0) is 11.7. The van der Waals surface area contributed by atoms with E-state index in [0.717, 1.165) is 27.6 Å². The molecule has 0 atom stereocenters. The van der Waals surface area contributed by atoms with Crippen LogP contribution in [0.5, 0.6) is 0 Å². The Bertz CT molecular complexity index is 644. The summed E-state index contributed by atoms with van der Waals surface area (Å²) in [5.41, 5.74) is 0.975. The zero-order valence-electron chi connectivity index (χ0n) is 9.30. The van der Waals surface area contributed by atoms with Crippen LogP contribution in [0.4, 0.5) is 5.82 Å². The molecule has 3 aromatic heterocycles. The lowest BCUT2D eigenvalue weighted by Gasteiger charge is -2.03. The van der Waals surface area contributed by atoms with Gasteiger partial charge >= 0.3 is 0 Å². The van der Waals surface area contributed by atoms with Gasteiger partial charge in [0.1, 0.15) is 23.7 Å². The Balaban J connectivity index is 1.83. The van der Waals surface area contributed by atoms with Crippen LogP contribution in [0.3, 0.4) is 0 Å². The first-order valence-electron chi connectivity index (χ1n) is 5.30. The van der Waals surface area contributed by atoms with E-state index in [1.54, 1.807) is 17.7 Å². The van der Waals surface area contributed by atoms with Crippen LogP contribution < -0.4 is 5.32 Å². The number of hydrogen-bond acceptors (Lipinski definition) is 5. The minimum absolute atomic E-state index is 0.637. The van der Waals surface area contributed by atoms with Gasteiger partial charge in [-0.25, -0.2) is 9.97 Å². The van der Waals surface area contributed by atoms with Gasteiger partial charge in [0.25, 0.3) is 0 Å². The van der Waals surface area contributed by atoms with E-state index < -0.39 is 0 Å². The minimum Gasteiger partial charge on any atom is -0.465 e. The Kier molecular flexibility index (Phi) is 2.53. The first kappa shape index (κ1) is 10.3. The van der Waals surface area contributed by atoms with Crippen molar-refractivity contribution in [3.63, 3.8) is 0 Å². The summed E-state index contributed by atoms with van der Waals surface area (Å²) in [6.45, 7) is 2.57. The molecule has 0 spiro atoms. The average Bonchev–Trinajstić information content (AvgIpc) is 2.94. The van der Waals surface area contributed by atoms with E-state index in [2.05, 4.69) is 15.3 Å². The number of nitrogens with zero attached hydrogens (tertiary/aromatic N) is 2. The number of rotatable bonds is 3. The van der Waals surface area contributed by atoms with Crippen molar-refractivity contribution in [2.45, 2.75) is 13.5 Å². The number of hydrogen-bond donors (Lipinski definition) is 1. The minimum atomic E-state index is 0.637. The maximum atomic E-state index is 5.50. The van der Waals surface area contributed by atoms with Gasteiger partial charge in [-0.05, 0) is 30.5 Å². The predicted molar refractivity (Wildman–Crippen MR) is 68.2 cm³/mol. The summed E-state index contributed by atoms with van der Waals surface area (Å²) in [5.74, 6) is 2.69. The standard InChI is InChI=1S/C12H11N3OS/c1-8-2-3-9(16-8)6-13-12-11-10(4-5-17-11)14-7-15-12/h2-5,7H,6H2,1H3,(H,13,14,15). The molecule has 3 aromatic rings. The average molecular weight is 245 g/mol. The molecule has 0 saturated carbocycles. The number of nitrogens with one attached hydrogen (secondary N) is 1. The zero-order valence-corrected chi connectivity index (χ0v) is 10.1. The summed E-state index contributed by atoms with van der Waals surface area (Å²) in [6, 6.07) is 5.91. The molecular weight excluding hydrogens is 234 g/mol. The molecule has 0 amide bonds. The summed E-state index contributed by atoms with van der Waals surface area (Å²) >= 11 is 1.64. The fraction of sp³-hybridized carbons (Fsp3) is 0.167. The third kappa shape index (κ3) is 2.01. The highest BCUT2D eigenvalue weighted by Crippen LogP contribution is 2.25. The van der Waals surface area contributed by atoms with Gasteiger partial charge in [-0.3, -0.25) is 0 Å². The summed E-state index contributed by atoms with van der Waals surface area (Å²) < 4.78 is 6.58. The molecule has 17 heavy (non-hydrogen) atoms. The number of thiophene rings is 1. The molecule has 0 aliphatic rings. The molecule has 0 radical (unpaired) electrons. The molecule has 5 heteroatoms. The molecule has 86 valence electrons. The van der Waals surface area contributed by atoms with Crippen molar-refractivity contribution >= 4 is 27.4 Å². The largest absolute Gasteiger partial charge is 0.465 e. The van der Waals surface area contributed by atoms with Crippen LogP contribution in [-0.2, 0) is 6.54 Å². The normalized spacial score (nSPS) is 10.9. The van der Waals surface area contributed by atoms with Gasteiger partial charge in [0, 0.05) is 0 Å². The molecule has 0 aliphatic heterocycles. The number of aromatic nitrogens is 2. The van der Waals surface area contributed by atoms with Crippen LogP contribution in [-0.4, -0.2) is 9.97 Å². The van der Waals surface area contributed by atoms with Gasteiger partial charge in [-0.2, -0.15) is 0 Å². The molecule has 4 nitrogen and oxygen atoms in total. The van der Waals surface area contributed by atoms with E-state index in [1.807, 2.05) is 30.5 Å². The van der Waals surface area contributed by atoms with Crippen LogP contribution in [0.25, 0.3) is 10.2 Å². The third-order valence-electron chi connectivity index (χ3n) is 2.47. The first-order chi connectivity index (χ1) is 8.33. The topological polar surface area (TPSA) is 51.0 Å². The second kappa shape index (κ2) is 4.18. The highest BCUT2D eigenvalue weighted by Gasteiger charge is 2.05. The van der Waals surface area contributed by atoms with E-state index in [0.29, 0.717) is 6.54 Å². The van der Waals surface area contributed by atoms with Crippen LogP contribution in [0.15, 0.2) is 34.3 Å². The smallest absolute Gasteiger partial charge is 0.147 e. The Labute approximate surface area is 102 Å². The van der Waals surface area contributed by atoms with Gasteiger partial charge in [0.2, 0.25) is 0 Å². The Hall–Kier alpha value is -1.88. The van der Waals surface area contributed by atoms with Gasteiger partial charge in [-0.15, -0.1) is 11.3 Å². The fourth-order valence-corrected chi connectivity index (χ4v) is 2.48. The van der Waals surface area contributed by atoms with Crippen molar-refractivity contribution in [2.75, 3.05) is 5.32 Å². The number of anilines is 1. The van der Waals surface area contributed by atoms with Gasteiger partial charge in [0.15, 0.2) is 0 Å². The molecule has 0 saturated heterocycles. The quantitative estimate of drug-likeness (QED) is 0.769. The molecule has 0 bridgehead atoms. The molecule has 0 aliphatic carbocycles. The van der Waals surface area contributed by atoms with Crippen molar-refractivity contribution in [1.29, 1.82) is 0 Å². The van der Waals surface area contributed by atoms with Crippen LogP contribution in [0.1, 0.15) is 11.5 Å². The fourth-order valence-electron chi connectivity index (χ4n) is 1.67. The number of furan rings is 1. The Morgan fingerprint density at radius 2 is 2.24 bits per heavy atom. The lowest BCUT2D eigenvalue weighted by molar-refractivity contribution is 0.490. The molecule has 1 N–H and O–H groups in total. The van der Waals surface area contributed by atoms with Crippen LogP contribution in [0.2, 0.25) is 0 Å². The SMILES string of the molecule is Cc1ccc(CNc2ncnc3ccsc23)o1. The van der Waals surface area contributed by atoms with Gasteiger partial charge in [0.05, 0.1) is 16.8 Å². The number of fused-ring (bicyclic) bond motifs is 1. The molecule has 3 rings (SSSR count). The third-order valence-corrected chi connectivity index (χ3v) is 3.38. The highest BCUT2D eigenvalue weighted by atomic mass is 32.1. The summed E-state index contributed by atoms with van der Waals surface area (Å²) in [5, 5.41) is 5.28. The van der Waals surface area contributed by atoms with Gasteiger partial charge < -0.3 is 9.73 Å². The first-order valence-corrected chi connectivity index (χ1v) is 6.18. The van der Waals surface area contributed by atoms with E-state index >= 15 is 0 Å². The summed E-state index contributed by atoms with van der Waals surface area (Å²) in [4.78, 5) is 8.44. The van der Waals surface area contributed by atoms with Crippen LogP contribution in [0, 0.1) is 6.92 Å². The molecule has 3 heterocycles. The second-order valence-electron chi connectivity index (χ2n) is 3.72. The van der Waals surface area contributed by atoms with E-state index in [9.17, 15) is 0 Å². The van der Waals surface area contributed by atoms with Crippen molar-refractivity contribution in [1.82, 2.24) is 9.97 Å². The molecule has 0 fully saturated rings. The highest BCUT2D eigenvalue weighted by molar-refractivity contribution is 7.17. The Morgan fingerprint density at radius 1 is 1.29 bits per heavy atom. The predicted octanol–water partition coefficient (Wildman–Crippen LogP) is 3.20. The van der Waals surface area contributed by atoms with Crippen molar-refractivity contribution < 1.29 is 4.42 Å². The van der Waals surface area contributed by atoms with Crippen LogP contribution >= 0.6 is 11.3 Å². The second-order valence-corrected chi connectivity index (χ2v) is 4.64. The van der Waals surface area contributed by atoms with Crippen molar-refractivity contribution in [3.8, 4) is 0 Å². The lowest BCUT2D eigenvalue weighted by atomic mass is 10.4. The molecular formula is C12H11N3OS. The molecule has 0 unspecified atom stereocenters. The van der Waals surface area contributed by atoms with E-state index in [-0.39, 0.29) is 0 Å². The maximum Gasteiger partial charge on any atom is 0.147 e. The van der Waals surface area contributed by atoms with E-state index in [1.165, 1.54) is 0 Å². The van der Waals surface area contributed by atoms with Crippen molar-refractivity contribution in [2.24, 2.45) is 0 Å². The Morgan fingerprint density at radius 3 is 3.06 bits per heavy atom. The maximum absolute atomic E-state index is 5.50. The molecule has 0 aromatic carbocycles. The summed E-state index contributed by atoms with van der Waals surface area (Å²) in [6.07, 6.45) is 1.57. The summed E-state index contributed by atoms with van der Waals surface area (Å²) in [7, 11) is 0. The lowest BCUT2D eigenvalue weighted by Crippen LogP contribution is -2.00.